The molecule has 2 rings (SSSR count). The van der Waals surface area contributed by atoms with Gasteiger partial charge in [-0.1, -0.05) is 13.8 Å². The third kappa shape index (κ3) is 4.42. The van der Waals surface area contributed by atoms with Crippen LogP contribution in [-0.2, 0) is 4.74 Å². The van der Waals surface area contributed by atoms with E-state index in [1.54, 1.807) is 0 Å². The molecule has 4 nitrogen and oxygen atoms in total. The highest BCUT2D eigenvalue weighted by atomic mass is 16.5. The summed E-state index contributed by atoms with van der Waals surface area (Å²) in [6.07, 6.45) is 3.87. The lowest BCUT2D eigenvalue weighted by atomic mass is 9.85. The van der Waals surface area contributed by atoms with Crippen LogP contribution in [0.2, 0.25) is 0 Å². The predicted octanol–water partition coefficient (Wildman–Crippen LogP) is 1.42. The third-order valence-corrected chi connectivity index (χ3v) is 4.88. The fraction of sp³-hybridized carbons (Fsp3) is 1.00. The largest absolute Gasteiger partial charge is 0.381 e. The summed E-state index contributed by atoms with van der Waals surface area (Å²) in [5.74, 6) is 0. The number of rotatable bonds is 6. The molecule has 0 amide bonds. The second kappa shape index (κ2) is 7.21. The Bertz CT molecular complexity index is 289. The standard InChI is InChI=1S/C16H33N3O/c1-14(2)17-11-16(7-9-20-13-16)12-19(4)15-6-5-8-18(3)10-15/h14-15,17H,5-13H2,1-4H3. The molecular weight excluding hydrogens is 250 g/mol. The second-order valence-corrected chi connectivity index (χ2v) is 7.31. The average molecular weight is 283 g/mol. The molecule has 2 heterocycles. The van der Waals surface area contributed by atoms with E-state index >= 15 is 0 Å². The average Bonchev–Trinajstić information content (AvgIpc) is 2.85. The van der Waals surface area contributed by atoms with E-state index in [1.165, 1.54) is 32.4 Å². The zero-order valence-electron chi connectivity index (χ0n) is 13.8. The topological polar surface area (TPSA) is 27.7 Å². The van der Waals surface area contributed by atoms with Gasteiger partial charge in [-0.05, 0) is 39.9 Å². The van der Waals surface area contributed by atoms with Crippen LogP contribution >= 0.6 is 0 Å². The first-order valence-electron chi connectivity index (χ1n) is 8.21. The first-order valence-corrected chi connectivity index (χ1v) is 8.21. The minimum atomic E-state index is 0.315. The second-order valence-electron chi connectivity index (χ2n) is 7.31. The van der Waals surface area contributed by atoms with Crippen molar-refractivity contribution in [2.75, 3.05) is 53.5 Å². The van der Waals surface area contributed by atoms with Crippen LogP contribution in [0.5, 0.6) is 0 Å². The highest BCUT2D eigenvalue weighted by Gasteiger charge is 2.37. The number of nitrogens with one attached hydrogen (secondary N) is 1. The summed E-state index contributed by atoms with van der Waals surface area (Å²) < 4.78 is 5.73. The molecule has 0 bridgehead atoms. The Morgan fingerprint density at radius 3 is 2.85 bits per heavy atom. The lowest BCUT2D eigenvalue weighted by molar-refractivity contribution is 0.0719. The zero-order chi connectivity index (χ0) is 14.6. The molecule has 0 spiro atoms. The van der Waals surface area contributed by atoms with Crippen molar-refractivity contribution in [2.24, 2.45) is 5.41 Å². The van der Waals surface area contributed by atoms with Gasteiger partial charge in [0.05, 0.1) is 6.61 Å². The van der Waals surface area contributed by atoms with Crippen LogP contribution in [0.25, 0.3) is 0 Å². The van der Waals surface area contributed by atoms with Crippen LogP contribution in [0, 0.1) is 5.41 Å². The van der Waals surface area contributed by atoms with Gasteiger partial charge in [0, 0.05) is 43.7 Å². The number of nitrogens with zero attached hydrogens (tertiary/aromatic N) is 2. The molecule has 0 aromatic carbocycles. The van der Waals surface area contributed by atoms with Crippen LogP contribution in [0.3, 0.4) is 0 Å². The Morgan fingerprint density at radius 2 is 2.25 bits per heavy atom. The molecule has 2 aliphatic rings. The lowest BCUT2D eigenvalue weighted by Gasteiger charge is -2.40. The SMILES string of the molecule is CC(C)NCC1(CN(C)C2CCCN(C)C2)CCOC1. The maximum Gasteiger partial charge on any atom is 0.0547 e. The quantitative estimate of drug-likeness (QED) is 0.798. The van der Waals surface area contributed by atoms with E-state index in [1.807, 2.05) is 0 Å². The monoisotopic (exact) mass is 283 g/mol. The van der Waals surface area contributed by atoms with E-state index in [0.717, 1.165) is 26.3 Å². The highest BCUT2D eigenvalue weighted by molar-refractivity contribution is 4.90. The molecule has 0 aromatic rings. The Morgan fingerprint density at radius 1 is 1.45 bits per heavy atom. The van der Waals surface area contributed by atoms with Gasteiger partial charge in [0.1, 0.15) is 0 Å². The summed E-state index contributed by atoms with van der Waals surface area (Å²) in [6.45, 7) is 11.0. The molecule has 118 valence electrons. The molecule has 2 saturated heterocycles. The molecule has 0 aromatic heterocycles. The Labute approximate surface area is 124 Å². The minimum absolute atomic E-state index is 0.315. The number of hydrogen-bond donors (Lipinski definition) is 1. The summed E-state index contributed by atoms with van der Waals surface area (Å²) >= 11 is 0. The van der Waals surface area contributed by atoms with Crippen molar-refractivity contribution in [2.45, 2.75) is 45.2 Å². The van der Waals surface area contributed by atoms with E-state index in [2.05, 4.69) is 43.1 Å². The fourth-order valence-electron chi connectivity index (χ4n) is 3.55. The molecule has 0 aliphatic carbocycles. The molecule has 2 atom stereocenters. The van der Waals surface area contributed by atoms with Gasteiger partial charge in [-0.2, -0.15) is 0 Å². The van der Waals surface area contributed by atoms with E-state index < -0.39 is 0 Å². The van der Waals surface area contributed by atoms with Crippen molar-refractivity contribution in [3.05, 3.63) is 0 Å². The van der Waals surface area contributed by atoms with Crippen molar-refractivity contribution in [1.29, 1.82) is 0 Å². The van der Waals surface area contributed by atoms with Crippen molar-refractivity contribution >= 4 is 0 Å². The van der Waals surface area contributed by atoms with Crippen LogP contribution in [-0.4, -0.2) is 75.4 Å². The summed E-state index contributed by atoms with van der Waals surface area (Å²) in [6, 6.07) is 1.27. The normalized spacial score (nSPS) is 32.4. The van der Waals surface area contributed by atoms with Gasteiger partial charge < -0.3 is 19.9 Å². The number of likely N-dealkylation sites (tertiary alicyclic amines) is 1. The summed E-state index contributed by atoms with van der Waals surface area (Å²) in [4.78, 5) is 5.06. The van der Waals surface area contributed by atoms with Crippen LogP contribution in [0.4, 0.5) is 0 Å². The van der Waals surface area contributed by atoms with Gasteiger partial charge in [0.15, 0.2) is 0 Å². The van der Waals surface area contributed by atoms with Gasteiger partial charge in [-0.3, -0.25) is 0 Å². The highest BCUT2D eigenvalue weighted by Crippen LogP contribution is 2.30. The van der Waals surface area contributed by atoms with Crippen LogP contribution in [0.1, 0.15) is 33.1 Å². The van der Waals surface area contributed by atoms with Crippen molar-refractivity contribution in [3.63, 3.8) is 0 Å². The van der Waals surface area contributed by atoms with E-state index in [0.29, 0.717) is 17.5 Å². The Hall–Kier alpha value is -0.160. The number of ether oxygens (including phenoxy) is 1. The summed E-state index contributed by atoms with van der Waals surface area (Å²) in [5.41, 5.74) is 0.315. The first kappa shape index (κ1) is 16.2. The summed E-state index contributed by atoms with van der Waals surface area (Å²) in [7, 11) is 4.55. The van der Waals surface area contributed by atoms with Crippen molar-refractivity contribution in [1.82, 2.24) is 15.1 Å². The first-order chi connectivity index (χ1) is 9.51. The molecule has 2 fully saturated rings. The maximum atomic E-state index is 5.73. The third-order valence-electron chi connectivity index (χ3n) is 4.88. The smallest absolute Gasteiger partial charge is 0.0547 e. The number of likely N-dealkylation sites (N-methyl/N-ethyl adjacent to an activating group) is 2. The van der Waals surface area contributed by atoms with Crippen LogP contribution in [0.15, 0.2) is 0 Å². The summed E-state index contributed by atoms with van der Waals surface area (Å²) in [5, 5.41) is 3.63. The maximum absolute atomic E-state index is 5.73. The van der Waals surface area contributed by atoms with E-state index in [4.69, 9.17) is 4.74 Å². The minimum Gasteiger partial charge on any atom is -0.381 e. The molecule has 1 N–H and O–H groups in total. The molecule has 2 unspecified atom stereocenters. The fourth-order valence-corrected chi connectivity index (χ4v) is 3.55. The van der Waals surface area contributed by atoms with Gasteiger partial charge in [-0.15, -0.1) is 0 Å². The zero-order valence-corrected chi connectivity index (χ0v) is 13.8. The van der Waals surface area contributed by atoms with Crippen molar-refractivity contribution < 1.29 is 4.74 Å². The Balaban J connectivity index is 1.89. The molecular formula is C16H33N3O. The molecule has 0 saturated carbocycles. The molecule has 2 aliphatic heterocycles. The lowest BCUT2D eigenvalue weighted by Crippen LogP contribution is -2.51. The predicted molar refractivity (Wildman–Crippen MR) is 84.2 cm³/mol. The van der Waals surface area contributed by atoms with Crippen LogP contribution < -0.4 is 5.32 Å². The van der Waals surface area contributed by atoms with Crippen molar-refractivity contribution in [3.8, 4) is 0 Å². The van der Waals surface area contributed by atoms with Gasteiger partial charge >= 0.3 is 0 Å². The molecule has 0 radical (unpaired) electrons. The van der Waals surface area contributed by atoms with E-state index in [-0.39, 0.29) is 0 Å². The number of piperidine rings is 1. The van der Waals surface area contributed by atoms with E-state index in [9.17, 15) is 0 Å². The van der Waals surface area contributed by atoms with Gasteiger partial charge in [-0.25, -0.2) is 0 Å². The Kier molecular flexibility index (Phi) is 5.84. The van der Waals surface area contributed by atoms with Gasteiger partial charge in [0.2, 0.25) is 0 Å². The molecule has 4 heteroatoms. The molecule has 20 heavy (non-hydrogen) atoms. The number of hydrogen-bond acceptors (Lipinski definition) is 4. The van der Waals surface area contributed by atoms with Gasteiger partial charge in [0.25, 0.3) is 0 Å².